The number of hydrogen-bond acceptors (Lipinski definition) is 5. The van der Waals surface area contributed by atoms with Crippen LogP contribution in [0.4, 0.5) is 0 Å². The summed E-state index contributed by atoms with van der Waals surface area (Å²) < 4.78 is 34.7. The van der Waals surface area contributed by atoms with E-state index in [2.05, 4.69) is 32.7 Å². The van der Waals surface area contributed by atoms with E-state index in [-0.39, 0.29) is 24.8 Å². The van der Waals surface area contributed by atoms with Gasteiger partial charge in [0.15, 0.2) is 0 Å². The van der Waals surface area contributed by atoms with E-state index in [0.717, 1.165) is 60.3 Å². The van der Waals surface area contributed by atoms with Gasteiger partial charge in [0.1, 0.15) is 5.75 Å². The van der Waals surface area contributed by atoms with Crippen molar-refractivity contribution >= 4 is 61.7 Å². The Balaban J connectivity index is 0.00000193. The molecule has 0 aliphatic carbocycles. The van der Waals surface area contributed by atoms with Gasteiger partial charge >= 0.3 is 0 Å². The summed E-state index contributed by atoms with van der Waals surface area (Å²) >= 11 is 3.61. The number of halogens is 3. The van der Waals surface area contributed by atoms with Gasteiger partial charge in [0.25, 0.3) is 10.0 Å². The molecule has 0 spiro atoms. The minimum atomic E-state index is -3.73. The first kappa shape index (κ1) is 28.0. The van der Waals surface area contributed by atoms with E-state index in [1.54, 1.807) is 37.6 Å². The minimum Gasteiger partial charge on any atom is -0.497 e. The Labute approximate surface area is 216 Å². The van der Waals surface area contributed by atoms with E-state index in [1.165, 1.54) is 3.97 Å². The molecule has 0 saturated carbocycles. The van der Waals surface area contributed by atoms with Crippen LogP contribution in [-0.4, -0.2) is 62.0 Å². The maximum absolute atomic E-state index is 13.5. The van der Waals surface area contributed by atoms with Crippen molar-refractivity contribution in [1.82, 2.24) is 13.8 Å². The summed E-state index contributed by atoms with van der Waals surface area (Å²) in [6, 6.07) is 10.8. The van der Waals surface area contributed by atoms with Gasteiger partial charge in [-0.1, -0.05) is 22.9 Å². The Morgan fingerprint density at radius 1 is 1.00 bits per heavy atom. The molecule has 3 aromatic rings. The molecule has 0 amide bonds. The van der Waals surface area contributed by atoms with Crippen molar-refractivity contribution in [3.05, 3.63) is 58.2 Å². The Hall–Kier alpha value is -1.29. The number of aromatic nitrogens is 1. The molecule has 1 aliphatic rings. The minimum absolute atomic E-state index is 0. The predicted molar refractivity (Wildman–Crippen MR) is 142 cm³/mol. The van der Waals surface area contributed by atoms with Crippen LogP contribution in [0.5, 0.6) is 5.75 Å². The maximum Gasteiger partial charge on any atom is 0.268 e. The third kappa shape index (κ3) is 5.69. The van der Waals surface area contributed by atoms with Crippen molar-refractivity contribution in [2.75, 3.05) is 39.8 Å². The summed E-state index contributed by atoms with van der Waals surface area (Å²) in [4.78, 5) is 5.11. The number of piperazine rings is 1. The first-order valence-electron chi connectivity index (χ1n) is 10.5. The summed E-state index contributed by atoms with van der Waals surface area (Å²) in [6.07, 6.45) is 1.69. The first-order valence-corrected chi connectivity index (χ1v) is 12.7. The first-order chi connectivity index (χ1) is 14.8. The molecule has 1 saturated heterocycles. The zero-order valence-electron chi connectivity index (χ0n) is 19.0. The van der Waals surface area contributed by atoms with E-state index in [9.17, 15) is 8.42 Å². The highest BCUT2D eigenvalue weighted by Gasteiger charge is 2.23. The summed E-state index contributed by atoms with van der Waals surface area (Å²) in [5.74, 6) is 0.708. The van der Waals surface area contributed by atoms with Gasteiger partial charge in [-0.15, -0.1) is 24.8 Å². The molecule has 6 nitrogen and oxygen atoms in total. The molecule has 0 N–H and O–H groups in total. The highest BCUT2D eigenvalue weighted by Crippen LogP contribution is 2.30. The lowest BCUT2D eigenvalue weighted by molar-refractivity contribution is 0.131. The molecule has 1 aromatic heterocycles. The fourth-order valence-electron chi connectivity index (χ4n) is 4.11. The second-order valence-corrected chi connectivity index (χ2v) is 10.6. The molecule has 2 aromatic carbocycles. The van der Waals surface area contributed by atoms with E-state index in [1.807, 2.05) is 19.1 Å². The van der Waals surface area contributed by atoms with Gasteiger partial charge in [-0.2, -0.15) is 0 Å². The molecule has 33 heavy (non-hydrogen) atoms. The third-order valence-corrected chi connectivity index (χ3v) is 8.50. The van der Waals surface area contributed by atoms with Crippen LogP contribution in [0.1, 0.15) is 18.1 Å². The average Bonchev–Trinajstić information content (AvgIpc) is 3.12. The monoisotopic (exact) mass is 577 g/mol. The summed E-state index contributed by atoms with van der Waals surface area (Å²) in [6.45, 7) is 9.96. The summed E-state index contributed by atoms with van der Waals surface area (Å²) in [5, 5.41) is 0.869. The number of fused-ring (bicyclic) bond motifs is 1. The lowest BCUT2D eigenvalue weighted by Gasteiger charge is -2.34. The van der Waals surface area contributed by atoms with Gasteiger partial charge in [0.2, 0.25) is 0 Å². The van der Waals surface area contributed by atoms with Gasteiger partial charge in [0.05, 0.1) is 17.5 Å². The molecule has 0 bridgehead atoms. The van der Waals surface area contributed by atoms with E-state index < -0.39 is 10.0 Å². The summed E-state index contributed by atoms with van der Waals surface area (Å²) in [7, 11) is -2.12. The maximum atomic E-state index is 13.5. The topological polar surface area (TPSA) is 54.8 Å². The third-order valence-electron chi connectivity index (χ3n) is 6.06. The zero-order chi connectivity index (χ0) is 22.2. The van der Waals surface area contributed by atoms with Crippen LogP contribution in [0.15, 0.2) is 52.0 Å². The lowest BCUT2D eigenvalue weighted by atomic mass is 10.2. The Morgan fingerprint density at radius 2 is 1.67 bits per heavy atom. The predicted octanol–water partition coefficient (Wildman–Crippen LogP) is 4.94. The molecule has 1 aliphatic heterocycles. The van der Waals surface area contributed by atoms with Crippen LogP contribution >= 0.6 is 40.7 Å². The standard InChI is InChI=1S/C23H28BrN3O3S.2ClH/c1-4-25-9-11-26(12-10-25)16-18-13-20(6-7-22(18)24)31(28,29)27-15-17(2)21-14-19(30-3)5-8-23(21)27;;/h5-8,13-15H,4,9-12,16H2,1-3H3;2*1H. The Bertz CT molecular complexity index is 1210. The quantitative estimate of drug-likeness (QED) is 0.415. The largest absolute Gasteiger partial charge is 0.497 e. The molecule has 4 rings (SSSR count). The lowest BCUT2D eigenvalue weighted by Crippen LogP contribution is -2.45. The van der Waals surface area contributed by atoms with Crippen LogP contribution < -0.4 is 4.74 Å². The SMILES string of the molecule is CCN1CCN(Cc2cc(S(=O)(=O)n3cc(C)c4cc(OC)ccc43)ccc2Br)CC1.Cl.Cl. The van der Waals surface area contributed by atoms with Gasteiger partial charge < -0.3 is 9.64 Å². The fourth-order valence-corrected chi connectivity index (χ4v) is 5.96. The van der Waals surface area contributed by atoms with Crippen molar-refractivity contribution in [2.24, 2.45) is 0 Å². The second-order valence-electron chi connectivity index (χ2n) is 7.96. The van der Waals surface area contributed by atoms with E-state index >= 15 is 0 Å². The molecule has 0 unspecified atom stereocenters. The normalized spacial score (nSPS) is 15.2. The van der Waals surface area contributed by atoms with Gasteiger partial charge in [-0.3, -0.25) is 4.90 Å². The number of ether oxygens (including phenoxy) is 1. The molecule has 0 atom stereocenters. The molecule has 182 valence electrons. The van der Waals surface area contributed by atoms with E-state index in [0.29, 0.717) is 16.2 Å². The second kappa shape index (κ2) is 11.4. The van der Waals surface area contributed by atoms with Crippen molar-refractivity contribution in [3.8, 4) is 5.75 Å². The Morgan fingerprint density at radius 3 is 2.30 bits per heavy atom. The molecule has 0 radical (unpaired) electrons. The highest BCUT2D eigenvalue weighted by atomic mass is 79.9. The van der Waals surface area contributed by atoms with E-state index in [4.69, 9.17) is 4.74 Å². The summed E-state index contributed by atoms with van der Waals surface area (Å²) in [5.41, 5.74) is 2.53. The van der Waals surface area contributed by atoms with Crippen molar-refractivity contribution in [1.29, 1.82) is 0 Å². The molecule has 1 fully saturated rings. The molecule has 2 heterocycles. The number of nitrogens with zero attached hydrogens (tertiary/aromatic N) is 3. The van der Waals surface area contributed by atoms with Crippen LogP contribution in [0.25, 0.3) is 10.9 Å². The smallest absolute Gasteiger partial charge is 0.268 e. The molecular weight excluding hydrogens is 549 g/mol. The van der Waals surface area contributed by atoms with Crippen LogP contribution in [0.3, 0.4) is 0 Å². The van der Waals surface area contributed by atoms with Crippen LogP contribution in [0.2, 0.25) is 0 Å². The van der Waals surface area contributed by atoms with Crippen LogP contribution in [0, 0.1) is 6.92 Å². The molecule has 10 heteroatoms. The van der Waals surface area contributed by atoms with Gasteiger partial charge in [0, 0.05) is 48.8 Å². The fraction of sp³-hybridized carbons (Fsp3) is 0.391. The highest BCUT2D eigenvalue weighted by molar-refractivity contribution is 9.10. The van der Waals surface area contributed by atoms with Gasteiger partial charge in [-0.25, -0.2) is 12.4 Å². The number of hydrogen-bond donors (Lipinski definition) is 0. The van der Waals surface area contributed by atoms with Crippen molar-refractivity contribution < 1.29 is 13.2 Å². The van der Waals surface area contributed by atoms with Crippen molar-refractivity contribution in [2.45, 2.75) is 25.3 Å². The zero-order valence-corrected chi connectivity index (χ0v) is 23.0. The molecular formula is C23H30BrCl2N3O3S. The number of methoxy groups -OCH3 is 1. The van der Waals surface area contributed by atoms with Gasteiger partial charge in [-0.05, 0) is 61.0 Å². The number of rotatable bonds is 6. The van der Waals surface area contributed by atoms with Crippen molar-refractivity contribution in [3.63, 3.8) is 0 Å². The number of benzene rings is 2. The Kier molecular flexibility index (Phi) is 9.68. The van der Waals surface area contributed by atoms with Crippen LogP contribution in [-0.2, 0) is 16.6 Å². The number of aryl methyl sites for hydroxylation is 1. The number of likely N-dealkylation sites (N-methyl/N-ethyl adjacent to an activating group) is 1. The average molecular weight is 579 g/mol.